The molecule has 0 bridgehead atoms. The lowest BCUT2D eigenvalue weighted by Crippen LogP contribution is -2.01. The fourth-order valence-electron chi connectivity index (χ4n) is 2.04. The molecule has 0 saturated carbocycles. The first-order valence-corrected chi connectivity index (χ1v) is 5.65. The van der Waals surface area contributed by atoms with E-state index >= 15 is 0 Å². The monoisotopic (exact) mass is 227 g/mol. The predicted octanol–water partition coefficient (Wildman–Crippen LogP) is 1.88. The Hall–Kier alpha value is -2.17. The molecule has 0 spiro atoms. The number of hydrogen-bond donors (Lipinski definition) is 1. The second-order valence-corrected chi connectivity index (χ2v) is 3.83. The molecule has 0 atom stereocenters. The number of fused-ring (bicyclic) bond motifs is 3. The molecule has 0 amide bonds. The van der Waals surface area contributed by atoms with E-state index in [1.165, 1.54) is 0 Å². The molecule has 0 aliphatic carbocycles. The van der Waals surface area contributed by atoms with Gasteiger partial charge < -0.3 is 5.32 Å². The van der Waals surface area contributed by atoms with Crippen molar-refractivity contribution in [3.8, 4) is 0 Å². The molecule has 0 fully saturated rings. The Kier molecular flexibility index (Phi) is 2.18. The van der Waals surface area contributed by atoms with Gasteiger partial charge in [0.15, 0.2) is 5.82 Å². The van der Waals surface area contributed by atoms with Crippen LogP contribution in [0, 0.1) is 0 Å². The van der Waals surface area contributed by atoms with Gasteiger partial charge in [-0.15, -0.1) is 10.2 Å². The summed E-state index contributed by atoms with van der Waals surface area (Å²) in [6.07, 6.45) is 0.846. The van der Waals surface area contributed by atoms with E-state index in [0.29, 0.717) is 0 Å². The van der Waals surface area contributed by atoms with Crippen LogP contribution in [0.25, 0.3) is 16.7 Å². The van der Waals surface area contributed by atoms with E-state index in [9.17, 15) is 0 Å². The number of rotatable bonds is 2. The van der Waals surface area contributed by atoms with E-state index in [4.69, 9.17) is 0 Å². The highest BCUT2D eigenvalue weighted by Gasteiger charge is 2.12. The Morgan fingerprint density at radius 3 is 2.82 bits per heavy atom. The van der Waals surface area contributed by atoms with Crippen LogP contribution in [-0.4, -0.2) is 26.6 Å². The molecule has 5 heteroatoms. The highest BCUT2D eigenvalue weighted by atomic mass is 15.3. The lowest BCUT2D eigenvalue weighted by molar-refractivity contribution is 0.922. The molecule has 3 aromatic rings. The van der Waals surface area contributed by atoms with Crippen molar-refractivity contribution >= 4 is 22.5 Å². The Balaban J connectivity index is 2.54. The number of aromatic nitrogens is 4. The lowest BCUT2D eigenvalue weighted by atomic mass is 10.3. The van der Waals surface area contributed by atoms with Gasteiger partial charge in [0.2, 0.25) is 5.65 Å². The van der Waals surface area contributed by atoms with Crippen LogP contribution >= 0.6 is 0 Å². The molecule has 2 heterocycles. The van der Waals surface area contributed by atoms with Crippen LogP contribution in [0.2, 0.25) is 0 Å². The first-order chi connectivity index (χ1) is 8.35. The summed E-state index contributed by atoms with van der Waals surface area (Å²) in [6, 6.07) is 8.02. The smallest absolute Gasteiger partial charge is 0.204 e. The number of benzene rings is 1. The average Bonchev–Trinajstić information content (AvgIpc) is 2.82. The summed E-state index contributed by atoms with van der Waals surface area (Å²) < 4.78 is 2.06. The third kappa shape index (κ3) is 1.35. The van der Waals surface area contributed by atoms with Gasteiger partial charge in [0.1, 0.15) is 5.82 Å². The normalized spacial score (nSPS) is 11.2. The van der Waals surface area contributed by atoms with Gasteiger partial charge in [0, 0.05) is 13.5 Å². The van der Waals surface area contributed by atoms with Gasteiger partial charge in [-0.1, -0.05) is 19.1 Å². The molecule has 0 aliphatic rings. The number of para-hydroxylation sites is 2. The molecule has 0 saturated heterocycles. The van der Waals surface area contributed by atoms with Crippen LogP contribution in [0.5, 0.6) is 0 Å². The standard InChI is InChI=1S/C12H13N5/c1-3-10-15-16-12-11(13-2)14-8-6-4-5-7-9(8)17(10)12/h4-7H,3H2,1-2H3,(H,13,14). The molecule has 2 aromatic heterocycles. The van der Waals surface area contributed by atoms with Crippen molar-refractivity contribution in [1.29, 1.82) is 0 Å². The maximum atomic E-state index is 4.54. The Labute approximate surface area is 98.5 Å². The number of hydrogen-bond acceptors (Lipinski definition) is 4. The van der Waals surface area contributed by atoms with Gasteiger partial charge in [-0.2, -0.15) is 0 Å². The van der Waals surface area contributed by atoms with Gasteiger partial charge in [0.25, 0.3) is 0 Å². The highest BCUT2D eigenvalue weighted by Crippen LogP contribution is 2.21. The Morgan fingerprint density at radius 1 is 1.24 bits per heavy atom. The molecule has 1 aromatic carbocycles. The van der Waals surface area contributed by atoms with Crippen LogP contribution in [0.1, 0.15) is 12.7 Å². The van der Waals surface area contributed by atoms with E-state index < -0.39 is 0 Å². The van der Waals surface area contributed by atoms with Crippen molar-refractivity contribution in [3.05, 3.63) is 30.1 Å². The van der Waals surface area contributed by atoms with Crippen molar-refractivity contribution in [3.63, 3.8) is 0 Å². The molecule has 5 nitrogen and oxygen atoms in total. The van der Waals surface area contributed by atoms with Crippen molar-refractivity contribution in [2.24, 2.45) is 0 Å². The molecule has 1 N–H and O–H groups in total. The lowest BCUT2D eigenvalue weighted by Gasteiger charge is -2.06. The molecule has 0 aliphatic heterocycles. The quantitative estimate of drug-likeness (QED) is 0.726. The summed E-state index contributed by atoms with van der Waals surface area (Å²) >= 11 is 0. The fourth-order valence-corrected chi connectivity index (χ4v) is 2.04. The summed E-state index contributed by atoms with van der Waals surface area (Å²) in [4.78, 5) is 4.54. The molecule has 3 rings (SSSR count). The van der Waals surface area contributed by atoms with Crippen molar-refractivity contribution in [2.75, 3.05) is 12.4 Å². The zero-order chi connectivity index (χ0) is 11.8. The van der Waals surface area contributed by atoms with Gasteiger partial charge in [-0.05, 0) is 12.1 Å². The number of nitrogens with zero attached hydrogens (tertiary/aromatic N) is 4. The summed E-state index contributed by atoms with van der Waals surface area (Å²) in [5.41, 5.74) is 2.77. The maximum Gasteiger partial charge on any atom is 0.204 e. The molecule has 0 radical (unpaired) electrons. The Bertz CT molecular complexity index is 686. The van der Waals surface area contributed by atoms with E-state index in [2.05, 4.69) is 31.8 Å². The van der Waals surface area contributed by atoms with E-state index in [1.54, 1.807) is 0 Å². The molecule has 0 unspecified atom stereocenters. The summed E-state index contributed by atoms with van der Waals surface area (Å²) in [5.74, 6) is 1.71. The van der Waals surface area contributed by atoms with Crippen LogP contribution < -0.4 is 5.32 Å². The first-order valence-electron chi connectivity index (χ1n) is 5.65. The predicted molar refractivity (Wildman–Crippen MR) is 67.2 cm³/mol. The van der Waals surface area contributed by atoms with Gasteiger partial charge in [0.05, 0.1) is 11.0 Å². The first kappa shape index (κ1) is 10.0. The SMILES string of the molecule is CCc1nnc2c(NC)nc3ccccc3n12. The number of aryl methyl sites for hydroxylation is 1. The molecule has 86 valence electrons. The molecular weight excluding hydrogens is 214 g/mol. The zero-order valence-corrected chi connectivity index (χ0v) is 9.81. The third-order valence-corrected chi connectivity index (χ3v) is 2.85. The van der Waals surface area contributed by atoms with E-state index in [-0.39, 0.29) is 0 Å². The second-order valence-electron chi connectivity index (χ2n) is 3.83. The van der Waals surface area contributed by atoms with Crippen LogP contribution in [0.15, 0.2) is 24.3 Å². The van der Waals surface area contributed by atoms with Crippen molar-refractivity contribution in [2.45, 2.75) is 13.3 Å². The van der Waals surface area contributed by atoms with Gasteiger partial charge in [-0.3, -0.25) is 4.40 Å². The van der Waals surface area contributed by atoms with Crippen molar-refractivity contribution in [1.82, 2.24) is 19.6 Å². The zero-order valence-electron chi connectivity index (χ0n) is 9.81. The largest absolute Gasteiger partial charge is 0.370 e. The molecular formula is C12H13N5. The highest BCUT2D eigenvalue weighted by molar-refractivity contribution is 5.82. The molecule has 17 heavy (non-hydrogen) atoms. The van der Waals surface area contributed by atoms with Gasteiger partial charge in [-0.25, -0.2) is 4.98 Å². The summed E-state index contributed by atoms with van der Waals surface area (Å²) in [5, 5.41) is 11.5. The van der Waals surface area contributed by atoms with Crippen LogP contribution in [0.3, 0.4) is 0 Å². The maximum absolute atomic E-state index is 4.54. The minimum atomic E-state index is 0.760. The third-order valence-electron chi connectivity index (χ3n) is 2.85. The van der Waals surface area contributed by atoms with E-state index in [0.717, 1.165) is 34.7 Å². The van der Waals surface area contributed by atoms with Gasteiger partial charge >= 0.3 is 0 Å². The number of nitrogens with one attached hydrogen (secondary N) is 1. The van der Waals surface area contributed by atoms with E-state index in [1.807, 2.05) is 31.3 Å². The van der Waals surface area contributed by atoms with Crippen molar-refractivity contribution < 1.29 is 0 Å². The minimum Gasteiger partial charge on any atom is -0.370 e. The van der Waals surface area contributed by atoms with Crippen LogP contribution in [0.4, 0.5) is 5.82 Å². The number of anilines is 1. The second kappa shape index (κ2) is 3.69. The summed E-state index contributed by atoms with van der Waals surface area (Å²) in [6.45, 7) is 2.07. The summed E-state index contributed by atoms with van der Waals surface area (Å²) in [7, 11) is 1.84. The Morgan fingerprint density at radius 2 is 2.06 bits per heavy atom. The topological polar surface area (TPSA) is 55.1 Å². The average molecular weight is 227 g/mol. The minimum absolute atomic E-state index is 0.760. The fraction of sp³-hybridized carbons (Fsp3) is 0.250. The van der Waals surface area contributed by atoms with Crippen LogP contribution in [-0.2, 0) is 6.42 Å².